The predicted molar refractivity (Wildman–Crippen MR) is 60.6 cm³/mol. The number of ketones is 1. The zero-order valence-electron chi connectivity index (χ0n) is 9.54. The summed E-state index contributed by atoms with van der Waals surface area (Å²) in [4.78, 5) is 10.9. The van der Waals surface area contributed by atoms with Gasteiger partial charge < -0.3 is 10.2 Å². The number of rotatable bonds is 3. The number of hydrogen-bond acceptors (Lipinski definition) is 3. The van der Waals surface area contributed by atoms with Gasteiger partial charge in [-0.25, -0.2) is 0 Å². The van der Waals surface area contributed by atoms with Gasteiger partial charge in [0.25, 0.3) is 0 Å². The average Bonchev–Trinajstić information content (AvgIpc) is 2.23. The Morgan fingerprint density at radius 1 is 1.40 bits per heavy atom. The molecule has 0 amide bonds. The number of carbonyl (C=O) groups excluding carboxylic acids is 1. The smallest absolute Gasteiger partial charge is 0.133 e. The van der Waals surface area contributed by atoms with Crippen LogP contribution in [-0.2, 0) is 4.79 Å². The Morgan fingerprint density at radius 2 is 1.87 bits per heavy atom. The Kier molecular flexibility index (Phi) is 6.45. The second-order valence-electron chi connectivity index (χ2n) is 4.15. The highest BCUT2D eigenvalue weighted by molar-refractivity contribution is 5.79. The maximum Gasteiger partial charge on any atom is 0.133 e. The molecule has 1 saturated carbocycles. The van der Waals surface area contributed by atoms with Crippen molar-refractivity contribution in [1.82, 2.24) is 0 Å². The summed E-state index contributed by atoms with van der Waals surface area (Å²) in [6, 6.07) is 0. The molecule has 0 heterocycles. The van der Waals surface area contributed by atoms with E-state index in [9.17, 15) is 9.90 Å². The standard InChI is InChI=1S/C10H18O3.C2H4/c1-8(11)2-5-10(13)6-3-9(12)4-7-10;1-2/h8,11,13H,2-7H2,1H3;1-2H2. The summed E-state index contributed by atoms with van der Waals surface area (Å²) in [6.07, 6.45) is 2.99. The zero-order valence-corrected chi connectivity index (χ0v) is 9.54. The van der Waals surface area contributed by atoms with Crippen molar-refractivity contribution in [3.05, 3.63) is 13.2 Å². The van der Waals surface area contributed by atoms with Crippen molar-refractivity contribution in [3.63, 3.8) is 0 Å². The fourth-order valence-electron chi connectivity index (χ4n) is 1.72. The fraction of sp³-hybridized carbons (Fsp3) is 0.750. The molecule has 0 aromatic rings. The molecule has 0 saturated heterocycles. The Bertz CT molecular complexity index is 189. The van der Waals surface area contributed by atoms with Gasteiger partial charge in [0.15, 0.2) is 0 Å². The maximum atomic E-state index is 10.9. The van der Waals surface area contributed by atoms with Gasteiger partial charge in [0.2, 0.25) is 0 Å². The van der Waals surface area contributed by atoms with E-state index >= 15 is 0 Å². The number of carbonyl (C=O) groups is 1. The topological polar surface area (TPSA) is 57.5 Å². The first-order valence-corrected chi connectivity index (χ1v) is 5.44. The summed E-state index contributed by atoms with van der Waals surface area (Å²) < 4.78 is 0. The largest absolute Gasteiger partial charge is 0.393 e. The number of hydrogen-bond donors (Lipinski definition) is 2. The van der Waals surface area contributed by atoms with Gasteiger partial charge in [0.1, 0.15) is 5.78 Å². The third kappa shape index (κ3) is 5.70. The summed E-state index contributed by atoms with van der Waals surface area (Å²) in [5.41, 5.74) is -0.690. The van der Waals surface area contributed by atoms with Gasteiger partial charge in [-0.3, -0.25) is 4.79 Å². The van der Waals surface area contributed by atoms with Crippen LogP contribution in [-0.4, -0.2) is 27.7 Å². The molecule has 1 aliphatic carbocycles. The molecule has 0 radical (unpaired) electrons. The Hall–Kier alpha value is -0.670. The molecule has 1 atom stereocenters. The van der Waals surface area contributed by atoms with Crippen molar-refractivity contribution in [2.24, 2.45) is 0 Å². The van der Waals surface area contributed by atoms with Crippen LogP contribution in [0.3, 0.4) is 0 Å². The van der Waals surface area contributed by atoms with E-state index in [-0.39, 0.29) is 11.9 Å². The molecule has 1 unspecified atom stereocenters. The Labute approximate surface area is 91.8 Å². The number of aliphatic hydroxyl groups is 2. The van der Waals surface area contributed by atoms with Crippen molar-refractivity contribution in [3.8, 4) is 0 Å². The molecular formula is C12H22O3. The quantitative estimate of drug-likeness (QED) is 0.705. The first-order chi connectivity index (χ1) is 7.02. The van der Waals surface area contributed by atoms with Crippen molar-refractivity contribution in [1.29, 1.82) is 0 Å². The molecule has 0 aromatic heterocycles. The molecular weight excluding hydrogens is 192 g/mol. The molecule has 1 fully saturated rings. The lowest BCUT2D eigenvalue weighted by atomic mass is 9.81. The molecule has 1 rings (SSSR count). The molecule has 0 bridgehead atoms. The van der Waals surface area contributed by atoms with Gasteiger partial charge in [-0.15, -0.1) is 13.2 Å². The molecule has 0 aromatic carbocycles. The highest BCUT2D eigenvalue weighted by Crippen LogP contribution is 2.30. The zero-order chi connectivity index (χ0) is 11.9. The van der Waals surface area contributed by atoms with Gasteiger partial charge in [-0.2, -0.15) is 0 Å². The van der Waals surface area contributed by atoms with Crippen LogP contribution in [0.15, 0.2) is 13.2 Å². The van der Waals surface area contributed by atoms with Gasteiger partial charge in [0, 0.05) is 12.8 Å². The van der Waals surface area contributed by atoms with E-state index < -0.39 is 5.60 Å². The second-order valence-corrected chi connectivity index (χ2v) is 4.15. The summed E-state index contributed by atoms with van der Waals surface area (Å²) in [6.45, 7) is 7.72. The SMILES string of the molecule is C=C.CC(O)CCC1(O)CCC(=O)CC1. The van der Waals surface area contributed by atoms with Crippen molar-refractivity contribution >= 4 is 5.78 Å². The van der Waals surface area contributed by atoms with Crippen LogP contribution in [0, 0.1) is 0 Å². The van der Waals surface area contributed by atoms with Gasteiger partial charge in [0.05, 0.1) is 11.7 Å². The molecule has 3 nitrogen and oxygen atoms in total. The van der Waals surface area contributed by atoms with E-state index in [0.717, 1.165) is 0 Å². The van der Waals surface area contributed by atoms with Gasteiger partial charge in [-0.05, 0) is 32.6 Å². The first kappa shape index (κ1) is 14.3. The summed E-state index contributed by atoms with van der Waals surface area (Å²) in [7, 11) is 0. The molecule has 3 heteroatoms. The Balaban J connectivity index is 0.000000921. The molecule has 0 spiro atoms. The molecule has 0 aliphatic heterocycles. The van der Waals surface area contributed by atoms with Gasteiger partial charge in [-0.1, -0.05) is 0 Å². The minimum absolute atomic E-state index is 0.252. The third-order valence-electron chi connectivity index (χ3n) is 2.77. The van der Waals surface area contributed by atoms with E-state index in [4.69, 9.17) is 5.11 Å². The molecule has 2 N–H and O–H groups in total. The van der Waals surface area contributed by atoms with Crippen LogP contribution in [0.4, 0.5) is 0 Å². The lowest BCUT2D eigenvalue weighted by molar-refractivity contribution is -0.125. The van der Waals surface area contributed by atoms with Gasteiger partial charge >= 0.3 is 0 Å². The maximum absolute atomic E-state index is 10.9. The fourth-order valence-corrected chi connectivity index (χ4v) is 1.72. The first-order valence-electron chi connectivity index (χ1n) is 5.44. The molecule has 1 aliphatic rings. The summed E-state index contributed by atoms with van der Waals surface area (Å²) in [5, 5.41) is 19.0. The van der Waals surface area contributed by atoms with Crippen LogP contribution in [0.1, 0.15) is 45.4 Å². The van der Waals surface area contributed by atoms with Crippen LogP contribution in [0.5, 0.6) is 0 Å². The number of Topliss-reactive ketones (excluding diaryl/α,β-unsaturated/α-hetero) is 1. The predicted octanol–water partition coefficient (Wildman–Crippen LogP) is 1.82. The van der Waals surface area contributed by atoms with Crippen molar-refractivity contribution in [2.75, 3.05) is 0 Å². The average molecular weight is 214 g/mol. The van der Waals surface area contributed by atoms with Crippen LogP contribution in [0.2, 0.25) is 0 Å². The molecule has 88 valence electrons. The lowest BCUT2D eigenvalue weighted by Crippen LogP contribution is -2.34. The van der Waals surface area contributed by atoms with Crippen LogP contribution >= 0.6 is 0 Å². The Morgan fingerprint density at radius 3 is 2.27 bits per heavy atom. The van der Waals surface area contributed by atoms with Crippen molar-refractivity contribution < 1.29 is 15.0 Å². The molecule has 15 heavy (non-hydrogen) atoms. The van der Waals surface area contributed by atoms with Crippen LogP contribution < -0.4 is 0 Å². The summed E-state index contributed by atoms with van der Waals surface area (Å²) in [5.74, 6) is 0.252. The number of aliphatic hydroxyl groups excluding tert-OH is 1. The minimum atomic E-state index is -0.690. The highest BCUT2D eigenvalue weighted by Gasteiger charge is 2.31. The van der Waals surface area contributed by atoms with E-state index in [1.165, 1.54) is 0 Å². The van der Waals surface area contributed by atoms with E-state index in [2.05, 4.69) is 13.2 Å². The third-order valence-corrected chi connectivity index (χ3v) is 2.77. The van der Waals surface area contributed by atoms with E-state index in [1.807, 2.05) is 0 Å². The highest BCUT2D eigenvalue weighted by atomic mass is 16.3. The minimum Gasteiger partial charge on any atom is -0.393 e. The normalized spacial score (nSPS) is 21.4. The van der Waals surface area contributed by atoms with E-state index in [0.29, 0.717) is 38.5 Å². The monoisotopic (exact) mass is 214 g/mol. The second kappa shape index (κ2) is 6.75. The van der Waals surface area contributed by atoms with Crippen LogP contribution in [0.25, 0.3) is 0 Å². The lowest BCUT2D eigenvalue weighted by Gasteiger charge is -2.31. The van der Waals surface area contributed by atoms with E-state index in [1.54, 1.807) is 6.92 Å². The van der Waals surface area contributed by atoms with Crippen molar-refractivity contribution in [2.45, 2.75) is 57.2 Å². The summed E-state index contributed by atoms with van der Waals surface area (Å²) >= 11 is 0.